The molecule has 3 nitrogen and oxygen atoms in total. The van der Waals surface area contributed by atoms with Gasteiger partial charge in [-0.15, -0.1) is 0 Å². The Bertz CT molecular complexity index is 729. The summed E-state index contributed by atoms with van der Waals surface area (Å²) in [4.78, 5) is 7.09. The maximum absolute atomic E-state index is 6.04. The van der Waals surface area contributed by atoms with Crippen LogP contribution in [0, 0.1) is 6.92 Å². The van der Waals surface area contributed by atoms with Crippen molar-refractivity contribution in [2.45, 2.75) is 70.8 Å². The molecule has 3 heteroatoms. The first-order valence-electron chi connectivity index (χ1n) is 10.7. The predicted molar refractivity (Wildman–Crippen MR) is 112 cm³/mol. The molecule has 0 N–H and O–H groups in total. The molecule has 1 aliphatic carbocycles. The highest BCUT2D eigenvalue weighted by molar-refractivity contribution is 5.53. The lowest BCUT2D eigenvalue weighted by molar-refractivity contribution is 0.301. The Labute approximate surface area is 163 Å². The number of hydrogen-bond donors (Lipinski definition) is 0. The van der Waals surface area contributed by atoms with Crippen LogP contribution < -0.4 is 9.64 Å². The van der Waals surface area contributed by atoms with Gasteiger partial charge >= 0.3 is 0 Å². The molecule has 2 aromatic rings. The van der Waals surface area contributed by atoms with Crippen LogP contribution in [0.1, 0.15) is 74.1 Å². The number of piperidine rings is 1. The molecule has 2 heterocycles. The number of aryl methyl sites for hydroxylation is 1. The second-order valence-corrected chi connectivity index (χ2v) is 8.20. The Hall–Kier alpha value is -2.03. The summed E-state index contributed by atoms with van der Waals surface area (Å²) in [5.41, 5.74) is 5.08. The molecule has 2 fully saturated rings. The normalized spacial score (nSPS) is 18.5. The van der Waals surface area contributed by atoms with E-state index in [1.807, 2.05) is 6.20 Å². The van der Waals surface area contributed by atoms with Crippen molar-refractivity contribution in [3.05, 3.63) is 53.3 Å². The van der Waals surface area contributed by atoms with Crippen LogP contribution in [-0.4, -0.2) is 18.1 Å². The lowest BCUT2D eigenvalue weighted by Gasteiger charge is -2.30. The topological polar surface area (TPSA) is 25.4 Å². The van der Waals surface area contributed by atoms with E-state index >= 15 is 0 Å². The zero-order valence-electron chi connectivity index (χ0n) is 16.6. The van der Waals surface area contributed by atoms with Crippen LogP contribution in [-0.2, 0) is 6.61 Å². The average molecular weight is 365 g/mol. The van der Waals surface area contributed by atoms with E-state index in [4.69, 9.17) is 4.74 Å². The SMILES string of the molecule is Cc1cnc(COc2ccc(C3CCCCC3)cc2)cc1N1CCCCC1. The average Bonchev–Trinajstić information content (AvgIpc) is 2.75. The number of anilines is 1. The van der Waals surface area contributed by atoms with Gasteiger partial charge in [0.05, 0.1) is 5.69 Å². The highest BCUT2D eigenvalue weighted by Gasteiger charge is 2.16. The molecule has 0 radical (unpaired) electrons. The van der Waals surface area contributed by atoms with Crippen LogP contribution in [0.15, 0.2) is 36.5 Å². The summed E-state index contributed by atoms with van der Waals surface area (Å²) in [6.07, 6.45) is 12.8. The van der Waals surface area contributed by atoms with E-state index in [2.05, 4.69) is 47.1 Å². The van der Waals surface area contributed by atoms with Crippen molar-refractivity contribution >= 4 is 5.69 Å². The molecule has 144 valence electrons. The zero-order chi connectivity index (χ0) is 18.5. The van der Waals surface area contributed by atoms with E-state index in [1.54, 1.807) is 0 Å². The third-order valence-electron chi connectivity index (χ3n) is 6.17. The molecule has 0 amide bonds. The van der Waals surface area contributed by atoms with Crippen LogP contribution in [0.2, 0.25) is 0 Å². The van der Waals surface area contributed by atoms with Crippen LogP contribution in [0.5, 0.6) is 5.75 Å². The Kier molecular flexibility index (Phi) is 5.96. The molecular formula is C24H32N2O. The maximum Gasteiger partial charge on any atom is 0.130 e. The fourth-order valence-electron chi connectivity index (χ4n) is 4.54. The first-order chi connectivity index (χ1) is 13.3. The number of benzene rings is 1. The van der Waals surface area contributed by atoms with Gasteiger partial charge in [0.1, 0.15) is 12.4 Å². The number of pyridine rings is 1. The molecule has 1 aromatic carbocycles. The van der Waals surface area contributed by atoms with Crippen LogP contribution in [0.3, 0.4) is 0 Å². The van der Waals surface area contributed by atoms with E-state index in [0.29, 0.717) is 6.61 Å². The molecule has 27 heavy (non-hydrogen) atoms. The largest absolute Gasteiger partial charge is 0.487 e. The molecular weight excluding hydrogens is 332 g/mol. The van der Waals surface area contributed by atoms with Crippen molar-refractivity contribution in [1.29, 1.82) is 0 Å². The molecule has 0 atom stereocenters. The van der Waals surface area contributed by atoms with Gasteiger partial charge in [-0.25, -0.2) is 0 Å². The smallest absolute Gasteiger partial charge is 0.130 e. The first-order valence-corrected chi connectivity index (χ1v) is 10.7. The highest BCUT2D eigenvalue weighted by Crippen LogP contribution is 2.33. The maximum atomic E-state index is 6.04. The van der Waals surface area contributed by atoms with Crippen molar-refractivity contribution in [3.63, 3.8) is 0 Å². The second kappa shape index (κ2) is 8.77. The van der Waals surface area contributed by atoms with Crippen LogP contribution in [0.4, 0.5) is 5.69 Å². The number of nitrogens with zero attached hydrogens (tertiary/aromatic N) is 2. The van der Waals surface area contributed by atoms with Gasteiger partial charge in [0, 0.05) is 25.0 Å². The van der Waals surface area contributed by atoms with Gasteiger partial charge < -0.3 is 9.64 Å². The lowest BCUT2D eigenvalue weighted by Crippen LogP contribution is -2.30. The van der Waals surface area contributed by atoms with E-state index in [0.717, 1.165) is 30.5 Å². The molecule has 1 aromatic heterocycles. The fourth-order valence-corrected chi connectivity index (χ4v) is 4.54. The molecule has 1 saturated carbocycles. The number of ether oxygens (including phenoxy) is 1. The van der Waals surface area contributed by atoms with Gasteiger partial charge in [-0.2, -0.15) is 0 Å². The standard InChI is InChI=1S/C24H32N2O/c1-19-17-25-22(16-24(19)26-14-6-3-7-15-26)18-27-23-12-10-21(11-13-23)20-8-4-2-5-9-20/h10-13,16-17,20H,2-9,14-15,18H2,1H3. The van der Waals surface area contributed by atoms with Crippen molar-refractivity contribution in [2.24, 2.45) is 0 Å². The summed E-state index contributed by atoms with van der Waals surface area (Å²) in [7, 11) is 0. The van der Waals surface area contributed by atoms with E-state index in [1.165, 1.54) is 68.2 Å². The number of aromatic nitrogens is 1. The van der Waals surface area contributed by atoms with Crippen LogP contribution >= 0.6 is 0 Å². The molecule has 0 spiro atoms. The van der Waals surface area contributed by atoms with Crippen molar-refractivity contribution in [1.82, 2.24) is 4.98 Å². The Morgan fingerprint density at radius 3 is 2.41 bits per heavy atom. The Balaban J connectivity index is 1.38. The number of rotatable bonds is 5. The lowest BCUT2D eigenvalue weighted by atomic mass is 9.84. The van der Waals surface area contributed by atoms with Gasteiger partial charge in [-0.3, -0.25) is 4.98 Å². The highest BCUT2D eigenvalue weighted by atomic mass is 16.5. The summed E-state index contributed by atoms with van der Waals surface area (Å²) in [5, 5.41) is 0. The monoisotopic (exact) mass is 364 g/mol. The zero-order valence-corrected chi connectivity index (χ0v) is 16.6. The van der Waals surface area contributed by atoms with Crippen molar-refractivity contribution in [3.8, 4) is 5.75 Å². The molecule has 0 bridgehead atoms. The van der Waals surface area contributed by atoms with Gasteiger partial charge in [0.2, 0.25) is 0 Å². The summed E-state index contributed by atoms with van der Waals surface area (Å²) in [6, 6.07) is 11.0. The minimum absolute atomic E-state index is 0.532. The quantitative estimate of drug-likeness (QED) is 0.650. The third-order valence-corrected chi connectivity index (χ3v) is 6.17. The summed E-state index contributed by atoms with van der Waals surface area (Å²) >= 11 is 0. The summed E-state index contributed by atoms with van der Waals surface area (Å²) in [5.74, 6) is 1.69. The van der Waals surface area contributed by atoms with Gasteiger partial charge in [-0.05, 0) is 74.3 Å². The fraction of sp³-hybridized carbons (Fsp3) is 0.542. The van der Waals surface area contributed by atoms with E-state index in [9.17, 15) is 0 Å². The minimum Gasteiger partial charge on any atom is -0.487 e. The Morgan fingerprint density at radius 1 is 0.963 bits per heavy atom. The van der Waals surface area contributed by atoms with Crippen LogP contribution in [0.25, 0.3) is 0 Å². The summed E-state index contributed by atoms with van der Waals surface area (Å²) in [6.45, 7) is 5.01. The Morgan fingerprint density at radius 2 is 1.67 bits per heavy atom. The van der Waals surface area contributed by atoms with Gasteiger partial charge in [0.25, 0.3) is 0 Å². The van der Waals surface area contributed by atoms with Gasteiger partial charge in [-0.1, -0.05) is 31.4 Å². The molecule has 1 aliphatic heterocycles. The first kappa shape index (κ1) is 18.3. The van der Waals surface area contributed by atoms with E-state index in [-0.39, 0.29) is 0 Å². The van der Waals surface area contributed by atoms with E-state index < -0.39 is 0 Å². The minimum atomic E-state index is 0.532. The third kappa shape index (κ3) is 4.63. The molecule has 4 rings (SSSR count). The second-order valence-electron chi connectivity index (χ2n) is 8.20. The molecule has 0 unspecified atom stereocenters. The molecule has 2 aliphatic rings. The summed E-state index contributed by atoms with van der Waals surface area (Å²) < 4.78 is 6.04. The van der Waals surface area contributed by atoms with Crippen molar-refractivity contribution < 1.29 is 4.74 Å². The van der Waals surface area contributed by atoms with Gasteiger partial charge in [0.15, 0.2) is 0 Å². The molecule has 1 saturated heterocycles. The predicted octanol–water partition coefficient (Wildman–Crippen LogP) is 6.01. The number of hydrogen-bond acceptors (Lipinski definition) is 3. The van der Waals surface area contributed by atoms with Crippen molar-refractivity contribution in [2.75, 3.05) is 18.0 Å².